The Balaban J connectivity index is 0. The Hall–Kier alpha value is -0.0756. The van der Waals surface area contributed by atoms with E-state index >= 15 is 0 Å². The Labute approximate surface area is 121 Å². The predicted octanol–water partition coefficient (Wildman–Crippen LogP) is 0.369. The van der Waals surface area contributed by atoms with Crippen LogP contribution in [0.1, 0.15) is 11.1 Å². The third kappa shape index (κ3) is 6.49. The van der Waals surface area contributed by atoms with Gasteiger partial charge in [-0.3, -0.25) is 4.79 Å². The van der Waals surface area contributed by atoms with Gasteiger partial charge < -0.3 is 16.5 Å². The van der Waals surface area contributed by atoms with E-state index in [-0.39, 0.29) is 29.9 Å². The topological polar surface area (TPSA) is 86.6 Å². The van der Waals surface area contributed by atoms with Crippen LogP contribution in [-0.4, -0.2) is 15.8 Å². The fourth-order valence-electron chi connectivity index (χ4n) is 1.11. The van der Waals surface area contributed by atoms with Gasteiger partial charge >= 0.3 is 0 Å². The summed E-state index contributed by atoms with van der Waals surface area (Å²) in [5.74, 6) is 0.0590. The van der Waals surface area contributed by atoms with Gasteiger partial charge in [0.25, 0.3) is 0 Å². The molecule has 4 nitrogen and oxygen atoms in total. The first-order valence-corrected chi connectivity index (χ1v) is 5.89. The van der Waals surface area contributed by atoms with E-state index in [1.807, 2.05) is 46.9 Å². The van der Waals surface area contributed by atoms with Crippen molar-refractivity contribution < 1.29 is 28.8 Å². The Morgan fingerprint density at radius 1 is 1.38 bits per heavy atom. The van der Waals surface area contributed by atoms with E-state index in [0.717, 1.165) is 11.1 Å². The van der Waals surface area contributed by atoms with E-state index in [4.69, 9.17) is 5.73 Å². The third-order valence-corrected chi connectivity index (χ3v) is 2.53. The van der Waals surface area contributed by atoms with E-state index in [1.54, 1.807) is 0 Å². The number of alkyl halides is 1. The summed E-state index contributed by atoms with van der Waals surface area (Å²) in [6, 6.07) is 7.91. The van der Waals surface area contributed by atoms with E-state index in [9.17, 15) is 4.79 Å². The van der Waals surface area contributed by atoms with Crippen molar-refractivity contribution >= 4 is 28.5 Å². The number of nitrogens with one attached hydrogen (secondary N) is 1. The minimum absolute atomic E-state index is 0. The molecule has 1 amide bonds. The molecule has 0 heterocycles. The van der Waals surface area contributed by atoms with Crippen molar-refractivity contribution in [3.63, 3.8) is 0 Å². The van der Waals surface area contributed by atoms with Gasteiger partial charge in [0.1, 0.15) is 0 Å². The van der Waals surface area contributed by atoms with E-state index in [1.165, 1.54) is 0 Å². The monoisotopic (exact) mass is 373 g/mol. The molecule has 1 rings (SSSR count). The first-order chi connectivity index (χ1) is 6.76. The molecule has 0 fully saturated rings. The first kappa shape index (κ1) is 18.3. The van der Waals surface area contributed by atoms with Crippen LogP contribution in [0.3, 0.4) is 0 Å². The zero-order valence-electron chi connectivity index (χ0n) is 8.74. The van der Waals surface area contributed by atoms with Crippen LogP contribution in [0.2, 0.25) is 0 Å². The van der Waals surface area contributed by atoms with Crippen molar-refractivity contribution in [2.75, 3.05) is 4.43 Å². The fourth-order valence-corrected chi connectivity index (χ4v) is 1.38. The zero-order valence-corrected chi connectivity index (χ0v) is 12.3. The van der Waals surface area contributed by atoms with Crippen LogP contribution in [0.5, 0.6) is 0 Å². The average Bonchev–Trinajstić information content (AvgIpc) is 2.26. The van der Waals surface area contributed by atoms with Crippen molar-refractivity contribution in [1.82, 2.24) is 5.32 Å². The molecule has 0 aliphatic rings. The number of carbonyl (C=O) groups excluding carboxylic acids is 1. The first-order valence-electron chi connectivity index (χ1n) is 4.37. The van der Waals surface area contributed by atoms with Gasteiger partial charge in [0, 0.05) is 31.6 Å². The zero-order chi connectivity index (χ0) is 10.4. The van der Waals surface area contributed by atoms with E-state index in [0.29, 0.717) is 17.5 Å². The molecule has 89 valence electrons. The summed E-state index contributed by atoms with van der Waals surface area (Å²) in [4.78, 5) is 11.0. The van der Waals surface area contributed by atoms with Gasteiger partial charge in [-0.25, -0.2) is 0 Å². The van der Waals surface area contributed by atoms with Crippen molar-refractivity contribution in [3.8, 4) is 0 Å². The second-order valence-corrected chi connectivity index (χ2v) is 3.70. The largest absolute Gasteiger partial charge is 0.412 e. The van der Waals surface area contributed by atoms with Crippen LogP contribution >= 0.6 is 22.6 Å². The van der Waals surface area contributed by atoms with Crippen LogP contribution < -0.4 is 11.1 Å². The van der Waals surface area contributed by atoms with Gasteiger partial charge in [-0.2, -0.15) is 0 Å². The second kappa shape index (κ2) is 10.1. The van der Waals surface area contributed by atoms with Gasteiger partial charge in [-0.05, 0) is 11.1 Å². The normalized spacial score (nSPS) is 8.62. The van der Waals surface area contributed by atoms with Gasteiger partial charge in [0.2, 0.25) is 5.91 Å². The third-order valence-electron chi connectivity index (χ3n) is 1.84. The molecule has 1 radical (unpaired) electrons. The molecule has 0 saturated heterocycles. The quantitative estimate of drug-likeness (QED) is 0.590. The molecule has 1 aromatic carbocycles. The molecule has 0 atom stereocenters. The van der Waals surface area contributed by atoms with Crippen molar-refractivity contribution in [1.29, 1.82) is 0 Å². The molecular weight excluding hydrogens is 358 g/mol. The van der Waals surface area contributed by atoms with Crippen LogP contribution in [0.15, 0.2) is 24.3 Å². The maximum absolute atomic E-state index is 11.0. The van der Waals surface area contributed by atoms with E-state index < -0.39 is 0 Å². The van der Waals surface area contributed by atoms with Gasteiger partial charge in [0.15, 0.2) is 0 Å². The Morgan fingerprint density at radius 3 is 2.56 bits per heavy atom. The fraction of sp³-hybridized carbons (Fsp3) is 0.300. The molecule has 6 heteroatoms. The Kier molecular flexibility index (Phi) is 11.6. The molecule has 0 aliphatic carbocycles. The standard InChI is InChI=1S/C10H13IN2O.H2O.V/c11-5-10(14)13-7-9-3-1-2-8(4-9)6-12;;/h1-4H,5-7,12H2,(H,13,14);1H2;. The van der Waals surface area contributed by atoms with Crippen molar-refractivity contribution in [2.45, 2.75) is 13.1 Å². The summed E-state index contributed by atoms with van der Waals surface area (Å²) in [7, 11) is 0. The maximum atomic E-state index is 11.0. The second-order valence-electron chi connectivity index (χ2n) is 2.93. The SMILES string of the molecule is NCc1cccc(CNC(=O)CI)c1.O.[V]. The molecule has 0 unspecified atom stereocenters. The van der Waals surface area contributed by atoms with Gasteiger partial charge in [0.05, 0.1) is 4.43 Å². The molecule has 0 aromatic heterocycles. The van der Waals surface area contributed by atoms with Crippen LogP contribution in [-0.2, 0) is 36.4 Å². The molecule has 0 saturated carbocycles. The molecule has 0 aliphatic heterocycles. The number of nitrogens with two attached hydrogens (primary N) is 1. The summed E-state index contributed by atoms with van der Waals surface area (Å²) in [6.45, 7) is 1.11. The number of carbonyl (C=O) groups is 1. The molecule has 16 heavy (non-hydrogen) atoms. The Morgan fingerprint density at radius 2 is 2.00 bits per heavy atom. The smallest absolute Gasteiger partial charge is 0.230 e. The van der Waals surface area contributed by atoms with Gasteiger partial charge in [-0.1, -0.05) is 46.9 Å². The summed E-state index contributed by atoms with van der Waals surface area (Å²) in [5.41, 5.74) is 7.69. The number of hydrogen-bond donors (Lipinski definition) is 2. The minimum Gasteiger partial charge on any atom is -0.412 e. The number of amides is 1. The summed E-state index contributed by atoms with van der Waals surface area (Å²) in [6.07, 6.45) is 0. The Bertz CT molecular complexity index is 323. The van der Waals surface area contributed by atoms with Crippen LogP contribution in [0, 0.1) is 0 Å². The number of benzene rings is 1. The van der Waals surface area contributed by atoms with Crippen molar-refractivity contribution in [3.05, 3.63) is 35.4 Å². The summed E-state index contributed by atoms with van der Waals surface area (Å²) >= 11 is 2.04. The molecule has 0 bridgehead atoms. The molecule has 5 N–H and O–H groups in total. The number of hydrogen-bond acceptors (Lipinski definition) is 2. The van der Waals surface area contributed by atoms with E-state index in [2.05, 4.69) is 5.32 Å². The van der Waals surface area contributed by atoms with Crippen LogP contribution in [0.25, 0.3) is 0 Å². The van der Waals surface area contributed by atoms with Crippen LogP contribution in [0.4, 0.5) is 0 Å². The summed E-state index contributed by atoms with van der Waals surface area (Å²) in [5, 5.41) is 2.81. The van der Waals surface area contributed by atoms with Gasteiger partial charge in [-0.15, -0.1) is 0 Å². The predicted molar refractivity (Wildman–Crippen MR) is 68.7 cm³/mol. The average molecular weight is 373 g/mol. The number of halogens is 1. The minimum atomic E-state index is 0. The molecule has 1 aromatic rings. The maximum Gasteiger partial charge on any atom is 0.230 e. The number of rotatable bonds is 4. The van der Waals surface area contributed by atoms with Crippen molar-refractivity contribution in [2.24, 2.45) is 5.73 Å². The molecule has 0 spiro atoms. The molecular formula is C10H15IN2O2V. The summed E-state index contributed by atoms with van der Waals surface area (Å²) < 4.78 is 0.494.